The predicted octanol–water partition coefficient (Wildman–Crippen LogP) is 3.42. The minimum absolute atomic E-state index is 0. The Labute approximate surface area is 164 Å². The summed E-state index contributed by atoms with van der Waals surface area (Å²) < 4.78 is 6.31. The molecule has 0 amide bonds. The second-order valence-electron chi connectivity index (χ2n) is 5.93. The summed E-state index contributed by atoms with van der Waals surface area (Å²) >= 11 is 3.53. The number of benzene rings is 1. The van der Waals surface area contributed by atoms with Crippen molar-refractivity contribution in [2.24, 2.45) is 4.99 Å². The maximum atomic E-state index is 11.7. The number of nitrogens with zero attached hydrogens (tertiary/aromatic N) is 2. The minimum atomic E-state index is -0.483. The summed E-state index contributed by atoms with van der Waals surface area (Å²) in [4.78, 5) is 17.9. The van der Waals surface area contributed by atoms with Crippen LogP contribution in [0.25, 0.3) is 0 Å². The topological polar surface area (TPSA) is 53.9 Å². The van der Waals surface area contributed by atoms with Crippen LogP contribution in [0.5, 0.6) is 0 Å². The van der Waals surface area contributed by atoms with Crippen molar-refractivity contribution in [2.45, 2.75) is 32.9 Å². The largest absolute Gasteiger partial charge is 0.459 e. The maximum absolute atomic E-state index is 11.7. The van der Waals surface area contributed by atoms with E-state index < -0.39 is 5.60 Å². The number of carbonyl (C=O) groups excluding carboxylic acids is 1. The number of esters is 1. The minimum Gasteiger partial charge on any atom is -0.459 e. The maximum Gasteiger partial charge on any atom is 0.325 e. The third-order valence-electron chi connectivity index (χ3n) is 2.75. The van der Waals surface area contributed by atoms with Crippen LogP contribution < -0.4 is 5.32 Å². The number of aliphatic imine (C=N–C) groups is 1. The van der Waals surface area contributed by atoms with Gasteiger partial charge in [0.2, 0.25) is 0 Å². The Hall–Kier alpha value is -0.830. The smallest absolute Gasteiger partial charge is 0.325 e. The van der Waals surface area contributed by atoms with Crippen molar-refractivity contribution in [2.75, 3.05) is 20.6 Å². The molecule has 23 heavy (non-hydrogen) atoms. The highest BCUT2D eigenvalue weighted by atomic mass is 127. The third-order valence-corrected chi connectivity index (χ3v) is 3.52. The van der Waals surface area contributed by atoms with E-state index >= 15 is 0 Å². The van der Waals surface area contributed by atoms with Gasteiger partial charge in [0.1, 0.15) is 12.1 Å². The van der Waals surface area contributed by atoms with Gasteiger partial charge in [0.15, 0.2) is 5.96 Å². The molecule has 0 aromatic heterocycles. The van der Waals surface area contributed by atoms with Gasteiger partial charge in [-0.25, -0.2) is 0 Å². The van der Waals surface area contributed by atoms with Gasteiger partial charge < -0.3 is 15.0 Å². The van der Waals surface area contributed by atoms with Crippen LogP contribution in [0.1, 0.15) is 26.3 Å². The van der Waals surface area contributed by atoms with Crippen LogP contribution in [-0.2, 0) is 16.1 Å². The normalized spacial score (nSPS) is 11.5. The molecule has 0 fully saturated rings. The van der Waals surface area contributed by atoms with E-state index in [9.17, 15) is 4.79 Å². The van der Waals surface area contributed by atoms with Crippen LogP contribution >= 0.6 is 39.9 Å². The Morgan fingerprint density at radius 3 is 2.48 bits per heavy atom. The first-order valence-electron chi connectivity index (χ1n) is 7.10. The molecule has 0 heterocycles. The highest BCUT2D eigenvalue weighted by Crippen LogP contribution is 2.17. The van der Waals surface area contributed by atoms with E-state index in [0.717, 1.165) is 10.0 Å². The first-order valence-corrected chi connectivity index (χ1v) is 7.89. The van der Waals surface area contributed by atoms with Gasteiger partial charge in [-0.15, -0.1) is 24.0 Å². The molecule has 0 saturated carbocycles. The molecule has 1 aromatic carbocycles. The lowest BCUT2D eigenvalue weighted by molar-refractivity contribution is -0.153. The molecule has 0 aliphatic heterocycles. The molecule has 0 spiro atoms. The van der Waals surface area contributed by atoms with Crippen molar-refractivity contribution in [3.8, 4) is 0 Å². The Kier molecular flexibility index (Phi) is 9.76. The summed E-state index contributed by atoms with van der Waals surface area (Å²) in [5.41, 5.74) is 0.661. The molecule has 1 aromatic rings. The van der Waals surface area contributed by atoms with Gasteiger partial charge in [-0.2, -0.15) is 0 Å². The quantitative estimate of drug-likeness (QED) is 0.300. The van der Waals surface area contributed by atoms with E-state index in [0.29, 0.717) is 12.5 Å². The Morgan fingerprint density at radius 1 is 1.35 bits per heavy atom. The van der Waals surface area contributed by atoms with Crippen LogP contribution in [0.4, 0.5) is 0 Å². The van der Waals surface area contributed by atoms with E-state index in [1.165, 1.54) is 0 Å². The standard InChI is InChI=1S/C16H24BrN3O2.HI/c1-16(2,3)22-14(21)10-19-15(18-4)20(5)11-12-8-6-7-9-13(12)17;/h6-9H,10-11H2,1-5H3,(H,18,19);1H. The Balaban J connectivity index is 0.00000484. The molecule has 5 nitrogen and oxygen atoms in total. The number of ether oxygens (including phenoxy) is 1. The van der Waals surface area contributed by atoms with Gasteiger partial charge in [-0.3, -0.25) is 9.79 Å². The summed E-state index contributed by atoms with van der Waals surface area (Å²) in [6.45, 7) is 6.30. The molecule has 0 aliphatic carbocycles. The van der Waals surface area contributed by atoms with Crippen LogP contribution in [0.15, 0.2) is 33.7 Å². The van der Waals surface area contributed by atoms with Gasteiger partial charge in [-0.1, -0.05) is 34.1 Å². The average molecular weight is 498 g/mol. The van der Waals surface area contributed by atoms with E-state index in [2.05, 4.69) is 26.2 Å². The van der Waals surface area contributed by atoms with Gasteiger partial charge in [0, 0.05) is 25.1 Å². The van der Waals surface area contributed by atoms with E-state index in [4.69, 9.17) is 4.74 Å². The van der Waals surface area contributed by atoms with Gasteiger partial charge >= 0.3 is 5.97 Å². The fourth-order valence-corrected chi connectivity index (χ4v) is 2.28. The molecule has 130 valence electrons. The summed E-state index contributed by atoms with van der Waals surface area (Å²) in [5.74, 6) is 0.338. The zero-order valence-electron chi connectivity index (χ0n) is 14.2. The molecule has 0 radical (unpaired) electrons. The molecule has 0 saturated heterocycles. The lowest BCUT2D eigenvalue weighted by Crippen LogP contribution is -2.42. The highest BCUT2D eigenvalue weighted by molar-refractivity contribution is 14.0. The number of hydrogen-bond donors (Lipinski definition) is 1. The zero-order chi connectivity index (χ0) is 16.8. The van der Waals surface area contributed by atoms with E-state index in [1.54, 1.807) is 7.05 Å². The number of guanidine groups is 1. The first kappa shape index (κ1) is 22.2. The Bertz CT molecular complexity index is 544. The van der Waals surface area contributed by atoms with Crippen LogP contribution in [-0.4, -0.2) is 43.1 Å². The number of halogens is 2. The summed E-state index contributed by atoms with van der Waals surface area (Å²) in [7, 11) is 3.61. The second kappa shape index (κ2) is 10.1. The average Bonchev–Trinajstić information content (AvgIpc) is 2.40. The fraction of sp³-hybridized carbons (Fsp3) is 0.500. The van der Waals surface area contributed by atoms with Gasteiger partial charge in [0.05, 0.1) is 0 Å². The summed E-state index contributed by atoms with van der Waals surface area (Å²) in [6, 6.07) is 8.01. The Morgan fingerprint density at radius 2 is 1.96 bits per heavy atom. The van der Waals surface area contributed by atoms with Crippen molar-refractivity contribution in [3.63, 3.8) is 0 Å². The zero-order valence-corrected chi connectivity index (χ0v) is 18.1. The monoisotopic (exact) mass is 497 g/mol. The van der Waals surface area contributed by atoms with Crippen molar-refractivity contribution in [1.82, 2.24) is 10.2 Å². The number of nitrogens with one attached hydrogen (secondary N) is 1. The van der Waals surface area contributed by atoms with Crippen molar-refractivity contribution in [1.29, 1.82) is 0 Å². The molecule has 0 aliphatic rings. The third kappa shape index (κ3) is 8.55. The van der Waals surface area contributed by atoms with Crippen LogP contribution in [0.2, 0.25) is 0 Å². The van der Waals surface area contributed by atoms with Gasteiger partial charge in [0.25, 0.3) is 0 Å². The molecule has 1 N–H and O–H groups in total. The van der Waals surface area contributed by atoms with Crippen molar-refractivity contribution >= 4 is 51.8 Å². The molecule has 1 rings (SSSR count). The van der Waals surface area contributed by atoms with Crippen molar-refractivity contribution in [3.05, 3.63) is 34.3 Å². The van der Waals surface area contributed by atoms with Crippen LogP contribution in [0.3, 0.4) is 0 Å². The van der Waals surface area contributed by atoms with E-state index in [-0.39, 0.29) is 36.5 Å². The van der Waals surface area contributed by atoms with Crippen molar-refractivity contribution < 1.29 is 9.53 Å². The SMILES string of the molecule is CN=C(NCC(=O)OC(C)(C)C)N(C)Cc1ccccc1Br.I. The first-order chi connectivity index (χ1) is 10.2. The predicted molar refractivity (Wildman–Crippen MR) is 108 cm³/mol. The lowest BCUT2D eigenvalue weighted by Gasteiger charge is -2.24. The number of rotatable bonds is 4. The molecule has 7 heteroatoms. The molecule has 0 atom stereocenters. The molecular formula is C16H25BrIN3O2. The van der Waals surface area contributed by atoms with Crippen LogP contribution in [0, 0.1) is 0 Å². The fourth-order valence-electron chi connectivity index (χ4n) is 1.87. The summed E-state index contributed by atoms with van der Waals surface area (Å²) in [6.07, 6.45) is 0. The molecular weight excluding hydrogens is 473 g/mol. The number of hydrogen-bond acceptors (Lipinski definition) is 3. The number of carbonyl (C=O) groups is 1. The second-order valence-corrected chi connectivity index (χ2v) is 6.79. The lowest BCUT2D eigenvalue weighted by atomic mass is 10.2. The van der Waals surface area contributed by atoms with E-state index in [1.807, 2.05) is 57.0 Å². The molecule has 0 bridgehead atoms. The summed E-state index contributed by atoms with van der Waals surface area (Å²) in [5, 5.41) is 3.02. The van der Waals surface area contributed by atoms with Gasteiger partial charge in [-0.05, 0) is 32.4 Å². The molecule has 0 unspecified atom stereocenters. The highest BCUT2D eigenvalue weighted by Gasteiger charge is 2.17.